The lowest BCUT2D eigenvalue weighted by Crippen LogP contribution is -2.40. The van der Waals surface area contributed by atoms with Crippen molar-refractivity contribution in [3.8, 4) is 22.4 Å². The van der Waals surface area contributed by atoms with Gasteiger partial charge in [-0.05, 0) is 59.7 Å². The number of rotatable bonds is 6. The second kappa shape index (κ2) is 8.44. The molecule has 4 aromatic rings. The van der Waals surface area contributed by atoms with Gasteiger partial charge >= 0.3 is 0 Å². The molecule has 4 N–H and O–H groups in total. The molecule has 0 aliphatic heterocycles. The van der Waals surface area contributed by atoms with Crippen LogP contribution in [-0.2, 0) is 0 Å². The lowest BCUT2D eigenvalue weighted by molar-refractivity contribution is 0.0879. The SMILES string of the molecule is O=C(NC(CO)CO)c1cccc(-c2cnc3[nH]c(-c4ccc(F)cc4)cc3c2)c1. The fourth-order valence-corrected chi connectivity index (χ4v) is 3.22. The minimum atomic E-state index is -0.705. The molecule has 0 unspecified atom stereocenters. The number of amides is 1. The number of nitrogens with one attached hydrogen (secondary N) is 2. The van der Waals surface area contributed by atoms with E-state index in [0.29, 0.717) is 11.2 Å². The van der Waals surface area contributed by atoms with E-state index in [9.17, 15) is 9.18 Å². The highest BCUT2D eigenvalue weighted by Gasteiger charge is 2.13. The highest BCUT2D eigenvalue weighted by atomic mass is 19.1. The van der Waals surface area contributed by atoms with Crippen LogP contribution in [0, 0.1) is 5.82 Å². The number of H-pyrrole nitrogens is 1. The van der Waals surface area contributed by atoms with E-state index in [1.54, 1.807) is 36.5 Å². The van der Waals surface area contributed by atoms with Gasteiger partial charge in [0, 0.05) is 28.4 Å². The zero-order valence-corrected chi connectivity index (χ0v) is 16.0. The minimum Gasteiger partial charge on any atom is -0.394 e. The summed E-state index contributed by atoms with van der Waals surface area (Å²) in [5, 5.41) is 21.8. The summed E-state index contributed by atoms with van der Waals surface area (Å²) in [6.07, 6.45) is 1.72. The Bertz CT molecular complexity index is 1180. The predicted octanol–water partition coefficient (Wildman–Crippen LogP) is 3.12. The van der Waals surface area contributed by atoms with Gasteiger partial charge in [-0.15, -0.1) is 0 Å². The number of fused-ring (bicyclic) bond motifs is 1. The highest BCUT2D eigenvalue weighted by molar-refractivity contribution is 5.96. The number of carbonyl (C=O) groups excluding carboxylic acids is 1. The standard InChI is InChI=1S/C23H20FN3O3/c24-19-6-4-14(5-7-19)21-10-17-9-18(11-25-22(17)27-21)15-2-1-3-16(8-15)23(30)26-20(12-28)13-29/h1-11,20,28-29H,12-13H2,(H,25,27)(H,26,30). The number of aliphatic hydroxyl groups is 2. The van der Waals surface area contributed by atoms with Crippen molar-refractivity contribution in [2.45, 2.75) is 6.04 Å². The Kier molecular flexibility index (Phi) is 5.56. The zero-order valence-electron chi connectivity index (χ0n) is 16.0. The number of nitrogens with zero attached hydrogens (tertiary/aromatic N) is 1. The van der Waals surface area contributed by atoms with Crippen LogP contribution >= 0.6 is 0 Å². The summed E-state index contributed by atoms with van der Waals surface area (Å²) < 4.78 is 13.2. The van der Waals surface area contributed by atoms with Crippen LogP contribution in [0.4, 0.5) is 4.39 Å². The maximum atomic E-state index is 13.2. The number of aromatic amines is 1. The van der Waals surface area contributed by atoms with E-state index in [4.69, 9.17) is 10.2 Å². The summed E-state index contributed by atoms with van der Waals surface area (Å²) in [6, 6.07) is 16.5. The molecule has 0 aliphatic rings. The van der Waals surface area contributed by atoms with E-state index in [0.717, 1.165) is 27.8 Å². The van der Waals surface area contributed by atoms with Crippen molar-refractivity contribution in [1.29, 1.82) is 0 Å². The first-order valence-electron chi connectivity index (χ1n) is 9.45. The van der Waals surface area contributed by atoms with Gasteiger partial charge in [-0.2, -0.15) is 0 Å². The lowest BCUT2D eigenvalue weighted by Gasteiger charge is -2.13. The number of aromatic nitrogens is 2. The van der Waals surface area contributed by atoms with Crippen LogP contribution in [0.3, 0.4) is 0 Å². The topological polar surface area (TPSA) is 98.2 Å². The van der Waals surface area contributed by atoms with Crippen molar-refractivity contribution >= 4 is 16.9 Å². The number of hydrogen-bond acceptors (Lipinski definition) is 4. The Balaban J connectivity index is 1.63. The molecule has 0 saturated carbocycles. The van der Waals surface area contributed by atoms with Crippen molar-refractivity contribution in [2.75, 3.05) is 13.2 Å². The summed E-state index contributed by atoms with van der Waals surface area (Å²) in [4.78, 5) is 20.1. The van der Waals surface area contributed by atoms with E-state index in [-0.39, 0.29) is 24.9 Å². The maximum absolute atomic E-state index is 13.2. The molecule has 0 saturated heterocycles. The molecule has 0 atom stereocenters. The van der Waals surface area contributed by atoms with Crippen molar-refractivity contribution in [1.82, 2.24) is 15.3 Å². The molecule has 0 spiro atoms. The molecule has 2 aromatic carbocycles. The Labute approximate surface area is 172 Å². The van der Waals surface area contributed by atoms with Gasteiger partial charge in [0.1, 0.15) is 11.5 Å². The van der Waals surface area contributed by atoms with Crippen LogP contribution in [-0.4, -0.2) is 45.3 Å². The number of aliphatic hydroxyl groups excluding tert-OH is 2. The average Bonchev–Trinajstić information content (AvgIpc) is 3.21. The van der Waals surface area contributed by atoms with E-state index in [1.807, 2.05) is 18.2 Å². The van der Waals surface area contributed by atoms with Gasteiger partial charge < -0.3 is 20.5 Å². The molecule has 6 nitrogen and oxygen atoms in total. The molecule has 0 fully saturated rings. The fraction of sp³-hybridized carbons (Fsp3) is 0.130. The molecule has 2 heterocycles. The van der Waals surface area contributed by atoms with Crippen LogP contribution in [0.25, 0.3) is 33.4 Å². The lowest BCUT2D eigenvalue weighted by atomic mass is 10.0. The first-order valence-corrected chi connectivity index (χ1v) is 9.45. The molecule has 4 rings (SSSR count). The van der Waals surface area contributed by atoms with Crippen LogP contribution in [0.2, 0.25) is 0 Å². The summed E-state index contributed by atoms with van der Waals surface area (Å²) >= 11 is 0. The average molecular weight is 405 g/mol. The molecular formula is C23H20FN3O3. The van der Waals surface area contributed by atoms with Crippen molar-refractivity contribution < 1.29 is 19.4 Å². The molecule has 30 heavy (non-hydrogen) atoms. The van der Waals surface area contributed by atoms with E-state index in [2.05, 4.69) is 15.3 Å². The minimum absolute atomic E-state index is 0.288. The van der Waals surface area contributed by atoms with Crippen LogP contribution in [0.15, 0.2) is 66.9 Å². The van der Waals surface area contributed by atoms with Crippen molar-refractivity contribution in [3.63, 3.8) is 0 Å². The second-order valence-electron chi connectivity index (χ2n) is 6.97. The number of hydrogen-bond donors (Lipinski definition) is 4. The van der Waals surface area contributed by atoms with E-state index in [1.165, 1.54) is 12.1 Å². The van der Waals surface area contributed by atoms with Crippen molar-refractivity contribution in [3.05, 3.63) is 78.2 Å². The Hall–Kier alpha value is -3.55. The van der Waals surface area contributed by atoms with Gasteiger partial charge in [0.25, 0.3) is 5.91 Å². The third-order valence-corrected chi connectivity index (χ3v) is 4.86. The number of pyridine rings is 1. The Morgan fingerprint density at radius 2 is 1.77 bits per heavy atom. The Morgan fingerprint density at radius 3 is 2.50 bits per heavy atom. The maximum Gasteiger partial charge on any atom is 0.251 e. The van der Waals surface area contributed by atoms with Gasteiger partial charge in [0.2, 0.25) is 0 Å². The fourth-order valence-electron chi connectivity index (χ4n) is 3.22. The highest BCUT2D eigenvalue weighted by Crippen LogP contribution is 2.27. The van der Waals surface area contributed by atoms with Crippen molar-refractivity contribution in [2.24, 2.45) is 0 Å². The normalized spacial score (nSPS) is 11.2. The van der Waals surface area contributed by atoms with Crippen LogP contribution in [0.1, 0.15) is 10.4 Å². The number of carbonyl (C=O) groups is 1. The van der Waals surface area contributed by atoms with Gasteiger partial charge in [-0.1, -0.05) is 12.1 Å². The zero-order chi connectivity index (χ0) is 21.1. The number of benzene rings is 2. The number of halogens is 1. The molecule has 152 valence electrons. The molecule has 7 heteroatoms. The van der Waals surface area contributed by atoms with Gasteiger partial charge in [0.15, 0.2) is 0 Å². The summed E-state index contributed by atoms with van der Waals surface area (Å²) in [5.74, 6) is -0.664. The summed E-state index contributed by atoms with van der Waals surface area (Å²) in [6.45, 7) is -0.682. The van der Waals surface area contributed by atoms with Crippen LogP contribution in [0.5, 0.6) is 0 Å². The third-order valence-electron chi connectivity index (χ3n) is 4.86. The van der Waals surface area contributed by atoms with Gasteiger partial charge in [-0.3, -0.25) is 4.79 Å². The van der Waals surface area contributed by atoms with Crippen LogP contribution < -0.4 is 5.32 Å². The molecule has 2 aromatic heterocycles. The smallest absolute Gasteiger partial charge is 0.251 e. The third kappa shape index (κ3) is 4.07. The molecule has 0 aliphatic carbocycles. The van der Waals surface area contributed by atoms with Gasteiger partial charge in [-0.25, -0.2) is 9.37 Å². The quantitative estimate of drug-likeness (QED) is 0.396. The second-order valence-corrected chi connectivity index (χ2v) is 6.97. The summed E-state index contributed by atoms with van der Waals surface area (Å²) in [5.41, 5.74) is 4.47. The van der Waals surface area contributed by atoms with Gasteiger partial charge in [0.05, 0.1) is 19.3 Å². The molecule has 1 amide bonds. The monoisotopic (exact) mass is 405 g/mol. The molecule has 0 radical (unpaired) electrons. The molecular weight excluding hydrogens is 385 g/mol. The summed E-state index contributed by atoms with van der Waals surface area (Å²) in [7, 11) is 0. The first-order chi connectivity index (χ1) is 14.6. The first kappa shape index (κ1) is 19.8. The Morgan fingerprint density at radius 1 is 1.00 bits per heavy atom. The van der Waals surface area contributed by atoms with E-state index >= 15 is 0 Å². The largest absolute Gasteiger partial charge is 0.394 e. The molecule has 0 bridgehead atoms. The van der Waals surface area contributed by atoms with E-state index < -0.39 is 6.04 Å². The predicted molar refractivity (Wildman–Crippen MR) is 112 cm³/mol.